The molecule has 3 heterocycles. The molecule has 1 aliphatic rings. The van der Waals surface area contributed by atoms with E-state index in [1.165, 1.54) is 12.1 Å². The third-order valence-electron chi connectivity index (χ3n) is 4.48. The number of carbonyl (C=O) groups is 1. The highest BCUT2D eigenvalue weighted by molar-refractivity contribution is 5.83. The van der Waals surface area contributed by atoms with Crippen molar-refractivity contribution in [2.75, 3.05) is 13.1 Å². The number of amides is 1. The zero-order valence-corrected chi connectivity index (χ0v) is 14.5. The Hall–Kier alpha value is -3.19. The molecule has 136 valence electrons. The van der Waals surface area contributed by atoms with Gasteiger partial charge in [0.25, 0.3) is 0 Å². The van der Waals surface area contributed by atoms with E-state index in [1.807, 2.05) is 23.1 Å². The van der Waals surface area contributed by atoms with Crippen LogP contribution in [0.25, 0.3) is 11.5 Å². The van der Waals surface area contributed by atoms with E-state index in [0.29, 0.717) is 31.2 Å². The van der Waals surface area contributed by atoms with Gasteiger partial charge >= 0.3 is 0 Å². The van der Waals surface area contributed by atoms with Gasteiger partial charge < -0.3 is 5.32 Å². The standard InChI is InChI=1S/C20H18FN5O/c21-16-6-4-15(5-7-16)18-20(27)23-9-10-26(18)13-14-11-24-19(25-12-14)17-3-1-2-8-22-17/h1-8,11-12,18H,9-10,13H2,(H,23,27)/t18-/m0/s1. The molecule has 27 heavy (non-hydrogen) atoms. The van der Waals surface area contributed by atoms with E-state index in [2.05, 4.69) is 20.3 Å². The van der Waals surface area contributed by atoms with Crippen molar-refractivity contribution in [1.29, 1.82) is 0 Å². The van der Waals surface area contributed by atoms with Gasteiger partial charge in [-0.1, -0.05) is 18.2 Å². The fourth-order valence-electron chi connectivity index (χ4n) is 3.19. The van der Waals surface area contributed by atoms with Gasteiger partial charge in [-0.2, -0.15) is 0 Å². The van der Waals surface area contributed by atoms with Crippen molar-refractivity contribution in [3.8, 4) is 11.5 Å². The first kappa shape index (κ1) is 17.2. The molecule has 1 fully saturated rings. The van der Waals surface area contributed by atoms with E-state index in [-0.39, 0.29) is 11.7 Å². The first-order valence-corrected chi connectivity index (χ1v) is 8.70. The van der Waals surface area contributed by atoms with Crippen molar-refractivity contribution in [3.05, 3.63) is 78.0 Å². The molecule has 1 amide bonds. The van der Waals surface area contributed by atoms with E-state index in [4.69, 9.17) is 0 Å². The van der Waals surface area contributed by atoms with E-state index < -0.39 is 6.04 Å². The van der Waals surface area contributed by atoms with Gasteiger partial charge in [-0.3, -0.25) is 14.7 Å². The maximum atomic E-state index is 13.2. The third-order valence-corrected chi connectivity index (χ3v) is 4.48. The molecule has 0 radical (unpaired) electrons. The molecule has 1 atom stereocenters. The van der Waals surface area contributed by atoms with Gasteiger partial charge in [0, 0.05) is 43.8 Å². The van der Waals surface area contributed by atoms with Crippen molar-refractivity contribution >= 4 is 5.91 Å². The molecule has 7 heteroatoms. The maximum absolute atomic E-state index is 13.2. The van der Waals surface area contributed by atoms with E-state index in [1.54, 1.807) is 30.7 Å². The van der Waals surface area contributed by atoms with Crippen LogP contribution in [-0.4, -0.2) is 38.8 Å². The summed E-state index contributed by atoms with van der Waals surface area (Å²) < 4.78 is 13.2. The van der Waals surface area contributed by atoms with E-state index >= 15 is 0 Å². The number of nitrogens with zero attached hydrogens (tertiary/aromatic N) is 4. The van der Waals surface area contributed by atoms with Crippen molar-refractivity contribution in [1.82, 2.24) is 25.2 Å². The fourth-order valence-corrected chi connectivity index (χ4v) is 3.19. The molecular formula is C20H18FN5O. The number of hydrogen-bond donors (Lipinski definition) is 1. The highest BCUT2D eigenvalue weighted by atomic mass is 19.1. The average Bonchev–Trinajstić information content (AvgIpc) is 2.70. The SMILES string of the molecule is O=C1NCCN(Cc2cnc(-c3ccccn3)nc2)[C@H]1c1ccc(F)cc1. The quantitative estimate of drug-likeness (QED) is 0.770. The van der Waals surface area contributed by atoms with E-state index in [0.717, 1.165) is 11.1 Å². The first-order chi connectivity index (χ1) is 13.2. The van der Waals surface area contributed by atoms with Gasteiger partial charge in [-0.15, -0.1) is 0 Å². The zero-order valence-electron chi connectivity index (χ0n) is 14.5. The number of piperazine rings is 1. The van der Waals surface area contributed by atoms with Crippen LogP contribution in [0.1, 0.15) is 17.2 Å². The summed E-state index contributed by atoms with van der Waals surface area (Å²) in [6.45, 7) is 1.79. The number of benzene rings is 1. The summed E-state index contributed by atoms with van der Waals surface area (Å²) in [6, 6.07) is 11.2. The number of pyridine rings is 1. The minimum atomic E-state index is -0.463. The number of carbonyl (C=O) groups excluding carboxylic acids is 1. The molecule has 6 nitrogen and oxygen atoms in total. The summed E-state index contributed by atoms with van der Waals surface area (Å²) in [4.78, 5) is 27.5. The van der Waals surface area contributed by atoms with Gasteiger partial charge in [-0.05, 0) is 29.8 Å². The first-order valence-electron chi connectivity index (χ1n) is 8.70. The predicted molar refractivity (Wildman–Crippen MR) is 97.8 cm³/mol. The lowest BCUT2D eigenvalue weighted by Gasteiger charge is -2.35. The summed E-state index contributed by atoms with van der Waals surface area (Å²) in [5.41, 5.74) is 2.38. The summed E-state index contributed by atoms with van der Waals surface area (Å²) in [7, 11) is 0. The summed E-state index contributed by atoms with van der Waals surface area (Å²) >= 11 is 0. The van der Waals surface area contributed by atoms with Crippen LogP contribution in [0.2, 0.25) is 0 Å². The Bertz CT molecular complexity index is 915. The number of nitrogens with one attached hydrogen (secondary N) is 1. The Morgan fingerprint density at radius 1 is 1.07 bits per heavy atom. The summed E-state index contributed by atoms with van der Waals surface area (Å²) in [5.74, 6) is 0.157. The largest absolute Gasteiger partial charge is 0.353 e. The highest BCUT2D eigenvalue weighted by Crippen LogP contribution is 2.25. The lowest BCUT2D eigenvalue weighted by Crippen LogP contribution is -2.49. The van der Waals surface area contributed by atoms with Gasteiger partial charge in [0.15, 0.2) is 5.82 Å². The van der Waals surface area contributed by atoms with E-state index in [9.17, 15) is 9.18 Å². The molecule has 2 aromatic heterocycles. The molecule has 1 N–H and O–H groups in total. The van der Waals surface area contributed by atoms with Crippen LogP contribution in [0.5, 0.6) is 0 Å². The molecule has 0 spiro atoms. The molecule has 0 bridgehead atoms. The number of aromatic nitrogens is 3. The average molecular weight is 363 g/mol. The van der Waals surface area contributed by atoms with Crippen LogP contribution in [-0.2, 0) is 11.3 Å². The minimum absolute atomic E-state index is 0.0844. The Kier molecular flexibility index (Phi) is 4.84. The summed E-state index contributed by atoms with van der Waals surface area (Å²) in [6.07, 6.45) is 5.21. The van der Waals surface area contributed by atoms with Crippen molar-refractivity contribution in [3.63, 3.8) is 0 Å². The molecule has 1 aromatic carbocycles. The fraction of sp³-hybridized carbons (Fsp3) is 0.200. The molecule has 0 aliphatic carbocycles. The summed E-state index contributed by atoms with van der Waals surface area (Å²) in [5, 5.41) is 2.88. The molecular weight excluding hydrogens is 345 g/mol. The van der Waals surface area contributed by atoms with Gasteiger partial charge in [0.05, 0.1) is 0 Å². The number of halogens is 1. The normalized spacial score (nSPS) is 17.5. The Labute approximate surface area is 156 Å². The van der Waals surface area contributed by atoms with Crippen molar-refractivity contribution in [2.45, 2.75) is 12.6 Å². The van der Waals surface area contributed by atoms with Crippen LogP contribution < -0.4 is 5.32 Å². The van der Waals surface area contributed by atoms with Gasteiger partial charge in [0.2, 0.25) is 5.91 Å². The van der Waals surface area contributed by atoms with Gasteiger partial charge in [-0.25, -0.2) is 14.4 Å². The topological polar surface area (TPSA) is 71.0 Å². The molecule has 1 saturated heterocycles. The molecule has 1 aliphatic heterocycles. The Balaban J connectivity index is 1.54. The van der Waals surface area contributed by atoms with Crippen LogP contribution in [0.15, 0.2) is 61.1 Å². The zero-order chi connectivity index (χ0) is 18.6. The lowest BCUT2D eigenvalue weighted by atomic mass is 10.0. The maximum Gasteiger partial charge on any atom is 0.242 e. The van der Waals surface area contributed by atoms with Gasteiger partial charge in [0.1, 0.15) is 17.6 Å². The van der Waals surface area contributed by atoms with Crippen LogP contribution >= 0.6 is 0 Å². The minimum Gasteiger partial charge on any atom is -0.353 e. The monoisotopic (exact) mass is 363 g/mol. The second-order valence-electron chi connectivity index (χ2n) is 6.35. The molecule has 0 saturated carbocycles. The number of hydrogen-bond acceptors (Lipinski definition) is 5. The van der Waals surface area contributed by atoms with Crippen molar-refractivity contribution < 1.29 is 9.18 Å². The number of rotatable bonds is 4. The Morgan fingerprint density at radius 2 is 1.85 bits per heavy atom. The predicted octanol–water partition coefficient (Wildman–Crippen LogP) is 2.35. The van der Waals surface area contributed by atoms with Crippen LogP contribution in [0, 0.1) is 5.82 Å². The highest BCUT2D eigenvalue weighted by Gasteiger charge is 2.31. The van der Waals surface area contributed by atoms with Crippen LogP contribution in [0.3, 0.4) is 0 Å². The van der Waals surface area contributed by atoms with Crippen LogP contribution in [0.4, 0.5) is 4.39 Å². The Morgan fingerprint density at radius 3 is 2.56 bits per heavy atom. The second kappa shape index (κ2) is 7.59. The molecule has 0 unspecified atom stereocenters. The second-order valence-corrected chi connectivity index (χ2v) is 6.35. The smallest absolute Gasteiger partial charge is 0.242 e. The van der Waals surface area contributed by atoms with Crippen molar-refractivity contribution in [2.24, 2.45) is 0 Å². The molecule has 4 rings (SSSR count). The lowest BCUT2D eigenvalue weighted by molar-refractivity contribution is -0.129. The molecule has 3 aromatic rings. The third kappa shape index (κ3) is 3.83.